The van der Waals surface area contributed by atoms with Crippen LogP contribution in [0.25, 0.3) is 11.1 Å². The quantitative estimate of drug-likeness (QED) is 0.798. The Morgan fingerprint density at radius 1 is 1.00 bits per heavy atom. The summed E-state index contributed by atoms with van der Waals surface area (Å²) < 4.78 is 5.41. The fraction of sp³-hybridized carbons (Fsp3) is 0.381. The number of rotatable bonds is 4. The number of Topliss-reactive ketones (excluding diaryl/α,β-unsaturated/α-hetero) is 1. The van der Waals surface area contributed by atoms with Crippen LogP contribution in [-0.2, 0) is 4.74 Å². The molecule has 1 fully saturated rings. The van der Waals surface area contributed by atoms with Crippen LogP contribution >= 0.6 is 0 Å². The smallest absolute Gasteiger partial charge is 0.182 e. The molecule has 3 rings (SSSR count). The molecule has 0 unspecified atom stereocenters. The third-order valence-corrected chi connectivity index (χ3v) is 4.87. The van der Waals surface area contributed by atoms with Crippen LogP contribution in [0.2, 0.25) is 0 Å². The van der Waals surface area contributed by atoms with Gasteiger partial charge in [-0.25, -0.2) is 0 Å². The lowest BCUT2D eigenvalue weighted by atomic mass is 9.89. The first-order valence-electron chi connectivity index (χ1n) is 8.53. The lowest BCUT2D eigenvalue weighted by Gasteiger charge is -2.39. The Labute approximate surface area is 144 Å². The molecular formula is C21H25NO2. The van der Waals surface area contributed by atoms with Crippen molar-refractivity contribution in [3.8, 4) is 11.1 Å². The minimum Gasteiger partial charge on any atom is -0.379 e. The molecule has 0 amide bonds. The van der Waals surface area contributed by atoms with Gasteiger partial charge in [-0.15, -0.1) is 0 Å². The topological polar surface area (TPSA) is 29.5 Å². The van der Waals surface area contributed by atoms with Gasteiger partial charge in [-0.3, -0.25) is 9.69 Å². The van der Waals surface area contributed by atoms with E-state index >= 15 is 0 Å². The summed E-state index contributed by atoms with van der Waals surface area (Å²) in [5, 5.41) is 0. The summed E-state index contributed by atoms with van der Waals surface area (Å²) in [4.78, 5) is 15.3. The predicted octanol–water partition coefficient (Wildman–Crippen LogP) is 3.96. The van der Waals surface area contributed by atoms with Crippen molar-refractivity contribution in [3.05, 3.63) is 59.7 Å². The highest BCUT2D eigenvalue weighted by molar-refractivity contribution is 6.03. The molecule has 1 aliphatic heterocycles. The molecule has 0 N–H and O–H groups in total. The van der Waals surface area contributed by atoms with E-state index in [0.717, 1.165) is 29.8 Å². The van der Waals surface area contributed by atoms with Gasteiger partial charge < -0.3 is 4.74 Å². The van der Waals surface area contributed by atoms with E-state index in [9.17, 15) is 4.79 Å². The number of aryl methyl sites for hydroxylation is 1. The van der Waals surface area contributed by atoms with Crippen molar-refractivity contribution in [3.63, 3.8) is 0 Å². The van der Waals surface area contributed by atoms with E-state index < -0.39 is 5.54 Å². The molecule has 0 atom stereocenters. The van der Waals surface area contributed by atoms with Crippen molar-refractivity contribution >= 4 is 5.78 Å². The molecule has 0 bridgehead atoms. The highest BCUT2D eigenvalue weighted by atomic mass is 16.5. The summed E-state index contributed by atoms with van der Waals surface area (Å²) in [6, 6.07) is 16.4. The Morgan fingerprint density at radius 3 is 2.33 bits per heavy atom. The van der Waals surface area contributed by atoms with E-state index in [1.807, 2.05) is 32.0 Å². The Kier molecular flexibility index (Phi) is 4.83. The third kappa shape index (κ3) is 3.42. The summed E-state index contributed by atoms with van der Waals surface area (Å²) in [6.07, 6.45) is 0. The molecule has 0 aromatic heterocycles. The molecule has 2 aromatic carbocycles. The number of hydrogen-bond donors (Lipinski definition) is 0. The molecule has 24 heavy (non-hydrogen) atoms. The van der Waals surface area contributed by atoms with E-state index in [-0.39, 0.29) is 5.78 Å². The first-order valence-corrected chi connectivity index (χ1v) is 8.53. The number of benzene rings is 2. The SMILES string of the molecule is Cc1ccc(-c2cccc(C(=O)C(C)(C)N3CCOCC3)c2)cc1. The number of morpholine rings is 1. The molecular weight excluding hydrogens is 298 g/mol. The number of carbonyl (C=O) groups excluding carboxylic acids is 1. The van der Waals surface area contributed by atoms with Crippen LogP contribution in [-0.4, -0.2) is 42.5 Å². The van der Waals surface area contributed by atoms with Crippen LogP contribution in [0.4, 0.5) is 0 Å². The highest BCUT2D eigenvalue weighted by Gasteiger charge is 2.35. The van der Waals surface area contributed by atoms with Gasteiger partial charge >= 0.3 is 0 Å². The van der Waals surface area contributed by atoms with Gasteiger partial charge in [-0.05, 0) is 38.0 Å². The maximum atomic E-state index is 13.1. The Morgan fingerprint density at radius 2 is 1.67 bits per heavy atom. The first-order chi connectivity index (χ1) is 11.5. The second-order valence-electron chi connectivity index (χ2n) is 6.93. The maximum absolute atomic E-state index is 13.1. The summed E-state index contributed by atoms with van der Waals surface area (Å²) in [6.45, 7) is 9.10. The van der Waals surface area contributed by atoms with Crippen molar-refractivity contribution < 1.29 is 9.53 Å². The lowest BCUT2D eigenvalue weighted by molar-refractivity contribution is -0.00429. The van der Waals surface area contributed by atoms with Crippen LogP contribution in [0.5, 0.6) is 0 Å². The van der Waals surface area contributed by atoms with E-state index in [0.29, 0.717) is 13.2 Å². The Balaban J connectivity index is 1.87. The van der Waals surface area contributed by atoms with Gasteiger partial charge in [0.05, 0.1) is 18.8 Å². The molecule has 1 aliphatic rings. The Hall–Kier alpha value is -1.97. The average Bonchev–Trinajstić information content (AvgIpc) is 2.62. The zero-order valence-electron chi connectivity index (χ0n) is 14.7. The fourth-order valence-corrected chi connectivity index (χ4v) is 3.21. The maximum Gasteiger partial charge on any atom is 0.182 e. The van der Waals surface area contributed by atoms with Gasteiger partial charge in [-0.2, -0.15) is 0 Å². The highest BCUT2D eigenvalue weighted by Crippen LogP contribution is 2.26. The van der Waals surface area contributed by atoms with Gasteiger partial charge in [0.25, 0.3) is 0 Å². The van der Waals surface area contributed by atoms with Crippen LogP contribution in [0.3, 0.4) is 0 Å². The number of nitrogens with zero attached hydrogens (tertiary/aromatic N) is 1. The Bertz CT molecular complexity index is 713. The zero-order chi connectivity index (χ0) is 17.2. The van der Waals surface area contributed by atoms with Crippen LogP contribution < -0.4 is 0 Å². The molecule has 1 saturated heterocycles. The minimum atomic E-state index is -0.518. The van der Waals surface area contributed by atoms with Crippen LogP contribution in [0.1, 0.15) is 29.8 Å². The van der Waals surface area contributed by atoms with E-state index in [1.165, 1.54) is 5.56 Å². The fourth-order valence-electron chi connectivity index (χ4n) is 3.21. The van der Waals surface area contributed by atoms with Crippen molar-refractivity contribution in [1.82, 2.24) is 4.90 Å². The monoisotopic (exact) mass is 323 g/mol. The summed E-state index contributed by atoms with van der Waals surface area (Å²) in [5.74, 6) is 0.165. The lowest BCUT2D eigenvalue weighted by Crippen LogP contribution is -2.54. The van der Waals surface area contributed by atoms with Crippen LogP contribution in [0, 0.1) is 6.92 Å². The molecule has 3 heteroatoms. The molecule has 3 nitrogen and oxygen atoms in total. The standard InChI is InChI=1S/C21H25NO2/c1-16-7-9-17(10-8-16)18-5-4-6-19(15-18)20(23)21(2,3)22-11-13-24-14-12-22/h4-10,15H,11-14H2,1-3H3. The van der Waals surface area contributed by atoms with Gasteiger partial charge in [0.1, 0.15) is 0 Å². The third-order valence-electron chi connectivity index (χ3n) is 4.87. The number of hydrogen-bond acceptors (Lipinski definition) is 3. The number of ketones is 1. The number of carbonyl (C=O) groups is 1. The van der Waals surface area contributed by atoms with Crippen LogP contribution in [0.15, 0.2) is 48.5 Å². The van der Waals surface area contributed by atoms with E-state index in [2.05, 4.69) is 42.2 Å². The van der Waals surface area contributed by atoms with Gasteiger partial charge in [0, 0.05) is 18.7 Å². The van der Waals surface area contributed by atoms with Crippen molar-refractivity contribution in [2.75, 3.05) is 26.3 Å². The molecule has 0 radical (unpaired) electrons. The summed E-state index contributed by atoms with van der Waals surface area (Å²) in [7, 11) is 0. The zero-order valence-corrected chi connectivity index (χ0v) is 14.7. The minimum absolute atomic E-state index is 0.165. The molecule has 0 saturated carbocycles. The first kappa shape index (κ1) is 16.9. The molecule has 126 valence electrons. The molecule has 0 aliphatic carbocycles. The number of ether oxygens (including phenoxy) is 1. The summed E-state index contributed by atoms with van der Waals surface area (Å²) >= 11 is 0. The second-order valence-corrected chi connectivity index (χ2v) is 6.93. The normalized spacial score (nSPS) is 16.1. The van der Waals surface area contributed by atoms with Gasteiger partial charge in [-0.1, -0.05) is 48.0 Å². The molecule has 2 aromatic rings. The predicted molar refractivity (Wildman–Crippen MR) is 97.4 cm³/mol. The average molecular weight is 323 g/mol. The van der Waals surface area contributed by atoms with Crippen molar-refractivity contribution in [1.29, 1.82) is 0 Å². The molecule has 0 spiro atoms. The van der Waals surface area contributed by atoms with Gasteiger partial charge in [0.15, 0.2) is 5.78 Å². The second kappa shape index (κ2) is 6.88. The van der Waals surface area contributed by atoms with Crippen molar-refractivity contribution in [2.45, 2.75) is 26.3 Å². The molecule has 1 heterocycles. The van der Waals surface area contributed by atoms with E-state index in [1.54, 1.807) is 0 Å². The van der Waals surface area contributed by atoms with E-state index in [4.69, 9.17) is 4.74 Å². The summed E-state index contributed by atoms with van der Waals surface area (Å²) in [5.41, 5.74) is 3.71. The van der Waals surface area contributed by atoms with Crippen molar-refractivity contribution in [2.24, 2.45) is 0 Å². The largest absolute Gasteiger partial charge is 0.379 e. The van der Waals surface area contributed by atoms with Gasteiger partial charge in [0.2, 0.25) is 0 Å².